The lowest BCUT2D eigenvalue weighted by Crippen LogP contribution is -2.44. The number of benzene rings is 1. The molecule has 0 aliphatic rings. The summed E-state index contributed by atoms with van der Waals surface area (Å²) < 4.78 is 5.62. The van der Waals surface area contributed by atoms with Crippen molar-refractivity contribution in [3.05, 3.63) is 44.9 Å². The van der Waals surface area contributed by atoms with Gasteiger partial charge in [0, 0.05) is 5.02 Å². The van der Waals surface area contributed by atoms with E-state index in [9.17, 15) is 14.7 Å². The number of aryl methyl sites for hydroxylation is 1. The zero-order valence-electron chi connectivity index (χ0n) is 14.1. The van der Waals surface area contributed by atoms with Crippen molar-refractivity contribution in [2.24, 2.45) is 5.92 Å². The average Bonchev–Trinajstić information content (AvgIpc) is 2.92. The number of aromatic nitrogens is 1. The summed E-state index contributed by atoms with van der Waals surface area (Å²) in [4.78, 5) is 28.3. The number of amides is 1. The Morgan fingerprint density at radius 2 is 1.96 bits per heavy atom. The van der Waals surface area contributed by atoms with Gasteiger partial charge >= 0.3 is 5.97 Å². The van der Waals surface area contributed by atoms with Crippen molar-refractivity contribution in [1.82, 2.24) is 10.3 Å². The lowest BCUT2D eigenvalue weighted by Gasteiger charge is -2.17. The first-order valence-electron chi connectivity index (χ1n) is 7.66. The normalized spacial score (nSPS) is 12.0. The number of rotatable bonds is 7. The monoisotopic (exact) mass is 382 g/mol. The standard InChI is InChI=1S/C17H19ClN2O4S/c1-9(2)14(17(22)23)20-16(21)15-10(3)19-13(25-15)8-24-12-6-4-11(18)5-7-12/h4-7,9,14H,8H2,1-3H3,(H,20,21)(H,22,23)/t14-/m0/s1. The predicted molar refractivity (Wildman–Crippen MR) is 96.4 cm³/mol. The van der Waals surface area contributed by atoms with Crippen LogP contribution in [0, 0.1) is 12.8 Å². The molecule has 25 heavy (non-hydrogen) atoms. The molecule has 6 nitrogen and oxygen atoms in total. The van der Waals surface area contributed by atoms with Crippen LogP contribution in [0.25, 0.3) is 0 Å². The zero-order chi connectivity index (χ0) is 18.6. The van der Waals surface area contributed by atoms with E-state index in [2.05, 4.69) is 10.3 Å². The van der Waals surface area contributed by atoms with Crippen molar-refractivity contribution in [1.29, 1.82) is 0 Å². The summed E-state index contributed by atoms with van der Waals surface area (Å²) in [7, 11) is 0. The molecule has 0 bridgehead atoms. The highest BCUT2D eigenvalue weighted by atomic mass is 35.5. The van der Waals surface area contributed by atoms with Crippen LogP contribution in [0.4, 0.5) is 0 Å². The van der Waals surface area contributed by atoms with Crippen molar-refractivity contribution >= 4 is 34.8 Å². The molecule has 0 unspecified atom stereocenters. The molecule has 1 aromatic carbocycles. The molecule has 0 aliphatic heterocycles. The molecule has 1 aromatic heterocycles. The maximum atomic E-state index is 12.4. The predicted octanol–water partition coefficient (Wildman–Crippen LogP) is 3.52. The van der Waals surface area contributed by atoms with E-state index < -0.39 is 17.9 Å². The number of carboxylic acid groups (broad SMARTS) is 1. The van der Waals surface area contributed by atoms with Crippen LogP contribution in [-0.4, -0.2) is 28.0 Å². The third-order valence-corrected chi connectivity index (χ3v) is 4.82. The summed E-state index contributed by atoms with van der Waals surface area (Å²) in [5.74, 6) is -1.07. The number of nitrogens with one attached hydrogen (secondary N) is 1. The third-order valence-electron chi connectivity index (χ3n) is 3.44. The number of hydrogen-bond donors (Lipinski definition) is 2. The Balaban J connectivity index is 2.04. The highest BCUT2D eigenvalue weighted by Crippen LogP contribution is 2.22. The van der Waals surface area contributed by atoms with Gasteiger partial charge in [-0.2, -0.15) is 0 Å². The number of hydrogen-bond acceptors (Lipinski definition) is 5. The summed E-state index contributed by atoms with van der Waals surface area (Å²) in [6.45, 7) is 5.41. The summed E-state index contributed by atoms with van der Waals surface area (Å²) >= 11 is 7.01. The van der Waals surface area contributed by atoms with Crippen LogP contribution in [0.2, 0.25) is 5.02 Å². The van der Waals surface area contributed by atoms with E-state index in [-0.39, 0.29) is 12.5 Å². The first-order valence-corrected chi connectivity index (χ1v) is 8.85. The minimum atomic E-state index is -1.06. The molecule has 2 aromatic rings. The van der Waals surface area contributed by atoms with Crippen LogP contribution in [0.15, 0.2) is 24.3 Å². The number of carbonyl (C=O) groups excluding carboxylic acids is 1. The molecular formula is C17H19ClN2O4S. The Labute approximate surface area is 154 Å². The van der Waals surface area contributed by atoms with Gasteiger partial charge in [0.25, 0.3) is 5.91 Å². The van der Waals surface area contributed by atoms with E-state index in [1.807, 2.05) is 0 Å². The summed E-state index contributed by atoms with van der Waals surface area (Å²) in [6.07, 6.45) is 0. The van der Waals surface area contributed by atoms with Crippen molar-refractivity contribution in [2.75, 3.05) is 0 Å². The van der Waals surface area contributed by atoms with E-state index >= 15 is 0 Å². The Morgan fingerprint density at radius 1 is 1.32 bits per heavy atom. The molecule has 1 heterocycles. The third kappa shape index (κ3) is 5.17. The number of nitrogens with zero attached hydrogens (tertiary/aromatic N) is 1. The summed E-state index contributed by atoms with van der Waals surface area (Å²) in [5.41, 5.74) is 0.546. The molecule has 2 rings (SSSR count). The minimum Gasteiger partial charge on any atom is -0.486 e. The van der Waals surface area contributed by atoms with Gasteiger partial charge in [-0.1, -0.05) is 25.4 Å². The fraction of sp³-hybridized carbons (Fsp3) is 0.353. The van der Waals surface area contributed by atoms with E-state index in [1.54, 1.807) is 45.0 Å². The second-order valence-corrected chi connectivity index (χ2v) is 7.32. The number of carbonyl (C=O) groups is 2. The molecule has 0 fully saturated rings. The van der Waals surface area contributed by atoms with Gasteiger partial charge in [-0.3, -0.25) is 4.79 Å². The van der Waals surface area contributed by atoms with Gasteiger partial charge in [-0.15, -0.1) is 11.3 Å². The van der Waals surface area contributed by atoms with Crippen LogP contribution in [0.1, 0.15) is 34.2 Å². The smallest absolute Gasteiger partial charge is 0.326 e. The van der Waals surface area contributed by atoms with E-state index in [4.69, 9.17) is 16.3 Å². The van der Waals surface area contributed by atoms with Gasteiger partial charge in [0.2, 0.25) is 0 Å². The van der Waals surface area contributed by atoms with E-state index in [0.717, 1.165) is 0 Å². The number of thiazole rings is 1. The molecule has 0 radical (unpaired) electrons. The van der Waals surface area contributed by atoms with E-state index in [1.165, 1.54) is 11.3 Å². The Bertz CT molecular complexity index is 759. The maximum absolute atomic E-state index is 12.4. The van der Waals surface area contributed by atoms with Crippen molar-refractivity contribution in [2.45, 2.75) is 33.4 Å². The van der Waals surface area contributed by atoms with Crippen molar-refractivity contribution < 1.29 is 19.4 Å². The van der Waals surface area contributed by atoms with Gasteiger partial charge < -0.3 is 15.2 Å². The SMILES string of the molecule is Cc1nc(COc2ccc(Cl)cc2)sc1C(=O)N[C@H](C(=O)O)C(C)C. The van der Waals surface area contributed by atoms with E-state index in [0.29, 0.717) is 26.4 Å². The molecule has 1 amide bonds. The molecule has 134 valence electrons. The second-order valence-electron chi connectivity index (χ2n) is 5.80. The van der Waals surface area contributed by atoms with Crippen molar-refractivity contribution in [3.63, 3.8) is 0 Å². The Morgan fingerprint density at radius 3 is 2.52 bits per heavy atom. The molecular weight excluding hydrogens is 364 g/mol. The fourth-order valence-corrected chi connectivity index (χ4v) is 3.13. The number of aliphatic carboxylic acids is 1. The molecule has 1 atom stereocenters. The summed E-state index contributed by atoms with van der Waals surface area (Å²) in [6, 6.07) is 6.00. The minimum absolute atomic E-state index is 0.215. The topological polar surface area (TPSA) is 88.5 Å². The highest BCUT2D eigenvalue weighted by molar-refractivity contribution is 7.13. The fourth-order valence-electron chi connectivity index (χ4n) is 2.12. The number of carboxylic acids is 1. The van der Waals surface area contributed by atoms with Crippen LogP contribution < -0.4 is 10.1 Å². The zero-order valence-corrected chi connectivity index (χ0v) is 15.6. The van der Waals surface area contributed by atoms with Crippen LogP contribution >= 0.6 is 22.9 Å². The molecule has 2 N–H and O–H groups in total. The van der Waals surface area contributed by atoms with Gasteiger partial charge in [0.05, 0.1) is 5.69 Å². The quantitative estimate of drug-likeness (QED) is 0.764. The maximum Gasteiger partial charge on any atom is 0.326 e. The molecule has 0 aliphatic carbocycles. The molecule has 8 heteroatoms. The first-order chi connectivity index (χ1) is 11.8. The molecule has 0 spiro atoms. The van der Waals surface area contributed by atoms with Crippen molar-refractivity contribution in [3.8, 4) is 5.75 Å². The molecule has 0 saturated carbocycles. The van der Waals surface area contributed by atoms with Gasteiger partial charge in [0.15, 0.2) is 0 Å². The van der Waals surface area contributed by atoms with Gasteiger partial charge in [-0.25, -0.2) is 9.78 Å². The largest absolute Gasteiger partial charge is 0.486 e. The lowest BCUT2D eigenvalue weighted by molar-refractivity contribution is -0.140. The highest BCUT2D eigenvalue weighted by Gasteiger charge is 2.26. The second kappa shape index (κ2) is 8.31. The molecule has 0 saturated heterocycles. The van der Waals surface area contributed by atoms with Gasteiger partial charge in [-0.05, 0) is 37.1 Å². The van der Waals surface area contributed by atoms with Crippen LogP contribution in [0.5, 0.6) is 5.75 Å². The van der Waals surface area contributed by atoms with Gasteiger partial charge in [0.1, 0.15) is 28.3 Å². The summed E-state index contributed by atoms with van der Waals surface area (Å²) in [5, 5.41) is 13.0. The number of ether oxygens (including phenoxy) is 1. The van der Waals surface area contributed by atoms with Crippen LogP contribution in [-0.2, 0) is 11.4 Å². The Kier molecular flexibility index (Phi) is 6.39. The van der Waals surface area contributed by atoms with Crippen LogP contribution in [0.3, 0.4) is 0 Å². The Hall–Kier alpha value is -2.12. The number of halogens is 1. The average molecular weight is 383 g/mol. The lowest BCUT2D eigenvalue weighted by atomic mass is 10.0. The first kappa shape index (κ1) is 19.2.